The van der Waals surface area contributed by atoms with Gasteiger partial charge in [0.1, 0.15) is 30.6 Å². The standard InChI is InChI=1S/C27H34N2O11/c1-3-13-14-10-19(37-2)29(9-8-27(36)16-6-4-5-7-17(16)28-26(27)35)23(34)15(14)12-38-24(13)40-25-22(33)21(32)20(31)18(11-30)39-25/h3-7,12-14,18-22,24-25,30-33,36H,1,8-11H2,2H3,(H,28,35)/t13-,14-,18+,19+,20+,21-,22+,24-,25-,27-/m0/s1. The molecule has 0 radical (unpaired) electrons. The monoisotopic (exact) mass is 562 g/mol. The minimum atomic E-state index is -1.81. The second kappa shape index (κ2) is 11.2. The molecule has 40 heavy (non-hydrogen) atoms. The molecule has 0 saturated carbocycles. The summed E-state index contributed by atoms with van der Waals surface area (Å²) in [6.07, 6.45) is -6.12. The maximum Gasteiger partial charge on any atom is 0.261 e. The van der Waals surface area contributed by atoms with E-state index in [2.05, 4.69) is 11.9 Å². The quantitative estimate of drug-likeness (QED) is 0.211. The van der Waals surface area contributed by atoms with Crippen LogP contribution < -0.4 is 5.32 Å². The smallest absolute Gasteiger partial charge is 0.261 e. The number of hydrogen-bond acceptors (Lipinski definition) is 11. The zero-order valence-corrected chi connectivity index (χ0v) is 21.8. The number of fused-ring (bicyclic) bond motifs is 2. The van der Waals surface area contributed by atoms with Crippen molar-refractivity contribution in [3.63, 3.8) is 0 Å². The number of aliphatic hydroxyl groups is 5. The van der Waals surface area contributed by atoms with Crippen molar-refractivity contribution >= 4 is 17.5 Å². The largest absolute Gasteiger partial charge is 0.471 e. The number of likely N-dealkylation sites (tertiary alicyclic amines) is 1. The SMILES string of the molecule is C=C[C@@H]1[C@H](O[C@@H]2O[C@H](CO)[C@@H](O)[C@H](O)[C@H]2O)OC=C2C(=O)N(CC[C@@]3(O)C(=O)Nc4ccccc43)[C@H](OC)C[C@H]21. The maximum atomic E-state index is 13.6. The van der Waals surface area contributed by atoms with Crippen molar-refractivity contribution in [2.75, 3.05) is 25.6 Å². The lowest BCUT2D eigenvalue weighted by atomic mass is 9.78. The first-order valence-corrected chi connectivity index (χ1v) is 13.1. The zero-order chi connectivity index (χ0) is 28.8. The van der Waals surface area contributed by atoms with Crippen molar-refractivity contribution in [1.29, 1.82) is 0 Å². The number of nitrogens with one attached hydrogen (secondary N) is 1. The molecule has 5 rings (SSSR count). The predicted molar refractivity (Wildman–Crippen MR) is 136 cm³/mol. The van der Waals surface area contributed by atoms with Gasteiger partial charge in [0.15, 0.2) is 11.9 Å². The molecule has 6 N–H and O–H groups in total. The van der Waals surface area contributed by atoms with Gasteiger partial charge < -0.3 is 54.7 Å². The maximum absolute atomic E-state index is 13.6. The van der Waals surface area contributed by atoms with E-state index in [1.165, 1.54) is 18.3 Å². The molecule has 4 aliphatic rings. The van der Waals surface area contributed by atoms with Gasteiger partial charge in [-0.25, -0.2) is 0 Å². The van der Waals surface area contributed by atoms with Crippen LogP contribution in [0.15, 0.2) is 48.8 Å². The molecule has 2 saturated heterocycles. The third-order valence-corrected chi connectivity index (χ3v) is 8.19. The third kappa shape index (κ3) is 4.72. The van der Waals surface area contributed by atoms with Crippen LogP contribution in [0.25, 0.3) is 0 Å². The summed E-state index contributed by atoms with van der Waals surface area (Å²) in [5, 5.41) is 53.9. The Morgan fingerprint density at radius 3 is 2.62 bits per heavy atom. The van der Waals surface area contributed by atoms with Gasteiger partial charge in [-0.3, -0.25) is 9.59 Å². The normalized spacial score (nSPS) is 39.1. The van der Waals surface area contributed by atoms with Gasteiger partial charge in [0, 0.05) is 49.6 Å². The molecule has 0 aliphatic carbocycles. The number of para-hydroxylation sites is 1. The summed E-state index contributed by atoms with van der Waals surface area (Å²) >= 11 is 0. The number of ether oxygens (including phenoxy) is 4. The van der Waals surface area contributed by atoms with Gasteiger partial charge in [0.25, 0.3) is 11.8 Å². The average Bonchev–Trinajstić information content (AvgIpc) is 3.21. The van der Waals surface area contributed by atoms with E-state index in [1.807, 2.05) is 0 Å². The highest BCUT2D eigenvalue weighted by molar-refractivity contribution is 6.05. The Hall–Kier alpha value is -2.88. The summed E-state index contributed by atoms with van der Waals surface area (Å²) in [5.74, 6) is -2.04. The molecule has 4 heterocycles. The summed E-state index contributed by atoms with van der Waals surface area (Å²) in [5.41, 5.74) is -0.533. The molecular formula is C27H34N2O11. The average molecular weight is 563 g/mol. The number of hydrogen-bond donors (Lipinski definition) is 6. The molecule has 13 nitrogen and oxygen atoms in total. The summed E-state index contributed by atoms with van der Waals surface area (Å²) in [4.78, 5) is 27.7. The van der Waals surface area contributed by atoms with Gasteiger partial charge in [-0.05, 0) is 6.07 Å². The molecule has 1 aromatic rings. The van der Waals surface area contributed by atoms with Crippen LogP contribution in [0.5, 0.6) is 0 Å². The minimum absolute atomic E-state index is 0.0171. The van der Waals surface area contributed by atoms with Crippen molar-refractivity contribution in [3.8, 4) is 0 Å². The van der Waals surface area contributed by atoms with Crippen molar-refractivity contribution in [2.24, 2.45) is 11.8 Å². The molecule has 2 amide bonds. The number of aliphatic hydroxyl groups excluding tert-OH is 4. The highest BCUT2D eigenvalue weighted by Crippen LogP contribution is 2.43. The van der Waals surface area contributed by atoms with Gasteiger partial charge in [-0.15, -0.1) is 6.58 Å². The van der Waals surface area contributed by atoms with E-state index in [0.717, 1.165) is 0 Å². The fraction of sp³-hybridized carbons (Fsp3) is 0.556. The molecular weight excluding hydrogens is 528 g/mol. The Morgan fingerprint density at radius 1 is 1.18 bits per heavy atom. The van der Waals surface area contributed by atoms with Crippen molar-refractivity contribution in [3.05, 3.63) is 54.3 Å². The van der Waals surface area contributed by atoms with E-state index in [4.69, 9.17) is 18.9 Å². The number of anilines is 1. The zero-order valence-electron chi connectivity index (χ0n) is 21.8. The van der Waals surface area contributed by atoms with Crippen LogP contribution in [0.2, 0.25) is 0 Å². The molecule has 4 aliphatic heterocycles. The minimum Gasteiger partial charge on any atom is -0.471 e. The molecule has 13 heteroatoms. The lowest BCUT2D eigenvalue weighted by Crippen LogP contribution is -2.60. The molecule has 0 spiro atoms. The Labute approximate surface area is 230 Å². The number of carbonyl (C=O) groups excluding carboxylic acids is 2. The topological polar surface area (TPSA) is 187 Å². The first-order chi connectivity index (χ1) is 19.1. The van der Waals surface area contributed by atoms with Crippen LogP contribution >= 0.6 is 0 Å². The summed E-state index contributed by atoms with van der Waals surface area (Å²) in [7, 11) is 1.45. The summed E-state index contributed by atoms with van der Waals surface area (Å²) < 4.78 is 22.6. The van der Waals surface area contributed by atoms with Gasteiger partial charge >= 0.3 is 0 Å². The molecule has 1 aromatic carbocycles. The van der Waals surface area contributed by atoms with Crippen LogP contribution in [0.4, 0.5) is 5.69 Å². The van der Waals surface area contributed by atoms with Crippen LogP contribution in [0.1, 0.15) is 18.4 Å². The molecule has 0 unspecified atom stereocenters. The fourth-order valence-corrected chi connectivity index (χ4v) is 5.86. The van der Waals surface area contributed by atoms with Crippen molar-refractivity contribution < 1.29 is 54.1 Å². The van der Waals surface area contributed by atoms with E-state index in [1.54, 1.807) is 30.3 Å². The van der Waals surface area contributed by atoms with Gasteiger partial charge in [0.05, 0.1) is 18.4 Å². The molecule has 218 valence electrons. The third-order valence-electron chi connectivity index (χ3n) is 8.19. The van der Waals surface area contributed by atoms with E-state index in [0.29, 0.717) is 23.2 Å². The Bertz CT molecular complexity index is 1170. The molecule has 0 aromatic heterocycles. The van der Waals surface area contributed by atoms with E-state index < -0.39 is 79.1 Å². The van der Waals surface area contributed by atoms with Crippen LogP contribution in [-0.4, -0.2) is 106 Å². The first-order valence-electron chi connectivity index (χ1n) is 13.1. The second-order valence-corrected chi connectivity index (χ2v) is 10.4. The number of carbonyl (C=O) groups is 2. The number of piperidine rings is 1. The van der Waals surface area contributed by atoms with Gasteiger partial charge in [0.2, 0.25) is 6.29 Å². The fourth-order valence-electron chi connectivity index (χ4n) is 5.86. The van der Waals surface area contributed by atoms with Crippen LogP contribution in [-0.2, 0) is 34.1 Å². The van der Waals surface area contributed by atoms with Crippen molar-refractivity contribution in [1.82, 2.24) is 4.90 Å². The number of amides is 2. The van der Waals surface area contributed by atoms with Crippen LogP contribution in [0, 0.1) is 11.8 Å². The summed E-state index contributed by atoms with van der Waals surface area (Å²) in [6, 6.07) is 6.83. The lowest BCUT2D eigenvalue weighted by Gasteiger charge is -2.46. The van der Waals surface area contributed by atoms with Crippen molar-refractivity contribution in [2.45, 2.75) is 61.7 Å². The second-order valence-electron chi connectivity index (χ2n) is 10.4. The predicted octanol–water partition coefficient (Wildman–Crippen LogP) is -1.10. The number of benzene rings is 1. The highest BCUT2D eigenvalue weighted by atomic mass is 16.8. The van der Waals surface area contributed by atoms with E-state index in [-0.39, 0.29) is 13.0 Å². The van der Waals surface area contributed by atoms with Gasteiger partial charge in [-0.1, -0.05) is 24.3 Å². The van der Waals surface area contributed by atoms with E-state index >= 15 is 0 Å². The van der Waals surface area contributed by atoms with E-state index in [9.17, 15) is 35.1 Å². The Balaban J connectivity index is 1.32. The molecule has 2 fully saturated rings. The first kappa shape index (κ1) is 28.6. The molecule has 10 atom stereocenters. The Kier molecular flexibility index (Phi) is 8.01. The van der Waals surface area contributed by atoms with Gasteiger partial charge in [-0.2, -0.15) is 0 Å². The summed E-state index contributed by atoms with van der Waals surface area (Å²) in [6.45, 7) is 3.26. The number of methoxy groups -OCH3 is 1. The lowest BCUT2D eigenvalue weighted by molar-refractivity contribution is -0.339. The number of nitrogens with zero attached hydrogens (tertiary/aromatic N) is 1. The van der Waals surface area contributed by atoms with Crippen LogP contribution in [0.3, 0.4) is 0 Å². The highest BCUT2D eigenvalue weighted by Gasteiger charge is 2.51. The Morgan fingerprint density at radius 2 is 1.93 bits per heavy atom. The number of rotatable bonds is 8. The molecule has 0 bridgehead atoms.